The highest BCUT2D eigenvalue weighted by Crippen LogP contribution is 2.01. The van der Waals surface area contributed by atoms with E-state index in [1.54, 1.807) is 7.11 Å². The van der Waals surface area contributed by atoms with Crippen molar-refractivity contribution in [3.05, 3.63) is 12.7 Å². The van der Waals surface area contributed by atoms with Gasteiger partial charge in [0.25, 0.3) is 0 Å². The third-order valence-corrected chi connectivity index (χ3v) is 2.27. The standard InChI is InChI=1S/C11H20O2Si/c1-6-7-11(13-10-12-2)8-9-14(3,4)5/h6,11H,1,7,10H2,2-5H3. The summed E-state index contributed by atoms with van der Waals surface area (Å²) in [6, 6.07) is 0. The summed E-state index contributed by atoms with van der Waals surface area (Å²) in [7, 11) is 0.304. The maximum atomic E-state index is 5.38. The van der Waals surface area contributed by atoms with Crippen molar-refractivity contribution in [1.82, 2.24) is 0 Å². The molecule has 0 rings (SSSR count). The Kier molecular flexibility index (Phi) is 6.55. The molecule has 0 saturated carbocycles. The molecule has 0 amide bonds. The number of methoxy groups -OCH3 is 1. The molecule has 0 heterocycles. The average molecular weight is 212 g/mol. The summed E-state index contributed by atoms with van der Waals surface area (Å²) in [5.74, 6) is 3.13. The van der Waals surface area contributed by atoms with E-state index in [4.69, 9.17) is 9.47 Å². The van der Waals surface area contributed by atoms with Crippen molar-refractivity contribution in [2.75, 3.05) is 13.9 Å². The van der Waals surface area contributed by atoms with E-state index in [2.05, 4.69) is 37.7 Å². The second-order valence-corrected chi connectivity index (χ2v) is 8.86. The molecule has 0 spiro atoms. The second-order valence-electron chi connectivity index (χ2n) is 4.11. The lowest BCUT2D eigenvalue weighted by molar-refractivity contribution is -0.0510. The van der Waals surface area contributed by atoms with Gasteiger partial charge >= 0.3 is 0 Å². The summed E-state index contributed by atoms with van der Waals surface area (Å²) in [4.78, 5) is 0. The molecule has 0 N–H and O–H groups in total. The van der Waals surface area contributed by atoms with Crippen LogP contribution in [-0.2, 0) is 9.47 Å². The van der Waals surface area contributed by atoms with E-state index in [1.165, 1.54) is 0 Å². The largest absolute Gasteiger partial charge is 0.359 e. The van der Waals surface area contributed by atoms with Gasteiger partial charge in [-0.3, -0.25) is 0 Å². The summed E-state index contributed by atoms with van der Waals surface area (Å²) in [6.07, 6.45) is 2.50. The first-order valence-corrected chi connectivity index (χ1v) is 8.23. The average Bonchev–Trinajstić information content (AvgIpc) is 2.08. The van der Waals surface area contributed by atoms with Gasteiger partial charge in [0.15, 0.2) is 0 Å². The van der Waals surface area contributed by atoms with E-state index < -0.39 is 8.07 Å². The van der Waals surface area contributed by atoms with E-state index in [-0.39, 0.29) is 6.10 Å². The topological polar surface area (TPSA) is 18.5 Å². The smallest absolute Gasteiger partial charge is 0.148 e. The first-order chi connectivity index (χ1) is 6.49. The highest BCUT2D eigenvalue weighted by molar-refractivity contribution is 6.83. The summed E-state index contributed by atoms with van der Waals surface area (Å²) < 4.78 is 10.2. The molecule has 0 aliphatic rings. The lowest BCUT2D eigenvalue weighted by Gasteiger charge is -2.10. The molecule has 0 radical (unpaired) electrons. The lowest BCUT2D eigenvalue weighted by Crippen LogP contribution is -2.19. The van der Waals surface area contributed by atoms with Gasteiger partial charge in [0.1, 0.15) is 21.0 Å². The van der Waals surface area contributed by atoms with E-state index >= 15 is 0 Å². The molecule has 0 aromatic rings. The molecule has 14 heavy (non-hydrogen) atoms. The van der Waals surface area contributed by atoms with Crippen molar-refractivity contribution in [1.29, 1.82) is 0 Å². The molecule has 0 saturated heterocycles. The Balaban J connectivity index is 4.18. The molecular formula is C11H20O2Si. The Morgan fingerprint density at radius 1 is 1.43 bits per heavy atom. The highest BCUT2D eigenvalue weighted by atomic mass is 28.3. The highest BCUT2D eigenvalue weighted by Gasteiger charge is 2.09. The molecule has 1 unspecified atom stereocenters. The van der Waals surface area contributed by atoms with Crippen LogP contribution in [0.5, 0.6) is 0 Å². The van der Waals surface area contributed by atoms with Crippen molar-refractivity contribution < 1.29 is 9.47 Å². The molecule has 0 aliphatic carbocycles. The van der Waals surface area contributed by atoms with Crippen LogP contribution < -0.4 is 0 Å². The molecule has 2 nitrogen and oxygen atoms in total. The van der Waals surface area contributed by atoms with Gasteiger partial charge in [0.05, 0.1) is 0 Å². The molecule has 0 aromatic carbocycles. The van der Waals surface area contributed by atoms with E-state index in [0.717, 1.165) is 6.42 Å². The summed E-state index contributed by atoms with van der Waals surface area (Å²) in [5.41, 5.74) is 3.28. The minimum atomic E-state index is -1.30. The van der Waals surface area contributed by atoms with Crippen LogP contribution in [0.3, 0.4) is 0 Å². The second kappa shape index (κ2) is 6.83. The van der Waals surface area contributed by atoms with Crippen LogP contribution in [0.15, 0.2) is 12.7 Å². The zero-order valence-corrected chi connectivity index (χ0v) is 10.6. The summed E-state index contributed by atoms with van der Waals surface area (Å²) in [6.45, 7) is 10.6. The van der Waals surface area contributed by atoms with Crippen LogP contribution in [0, 0.1) is 11.5 Å². The normalized spacial score (nSPS) is 12.9. The fraction of sp³-hybridized carbons (Fsp3) is 0.636. The van der Waals surface area contributed by atoms with Crippen molar-refractivity contribution in [2.24, 2.45) is 0 Å². The first-order valence-electron chi connectivity index (χ1n) is 4.73. The monoisotopic (exact) mass is 212 g/mol. The Bertz CT molecular complexity index is 220. The Morgan fingerprint density at radius 3 is 2.50 bits per heavy atom. The fourth-order valence-electron chi connectivity index (χ4n) is 0.767. The Labute approximate surface area is 88.3 Å². The van der Waals surface area contributed by atoms with Crippen molar-refractivity contribution in [3.8, 4) is 11.5 Å². The Hall–Kier alpha value is -0.563. The van der Waals surface area contributed by atoms with Crippen LogP contribution in [0.25, 0.3) is 0 Å². The SMILES string of the molecule is C=CCC(C#C[Si](C)(C)C)OCOC. The maximum absolute atomic E-state index is 5.38. The summed E-state index contributed by atoms with van der Waals surface area (Å²) >= 11 is 0. The number of hydrogen-bond donors (Lipinski definition) is 0. The number of rotatable bonds is 5. The van der Waals surface area contributed by atoms with Crippen LogP contribution >= 0.6 is 0 Å². The van der Waals surface area contributed by atoms with Gasteiger partial charge in [-0.15, -0.1) is 12.1 Å². The quantitative estimate of drug-likeness (QED) is 0.302. The van der Waals surface area contributed by atoms with Gasteiger partial charge in [-0.2, -0.15) is 0 Å². The number of hydrogen-bond acceptors (Lipinski definition) is 2. The molecule has 0 fully saturated rings. The molecule has 3 heteroatoms. The fourth-order valence-corrected chi connectivity index (χ4v) is 1.36. The maximum Gasteiger partial charge on any atom is 0.148 e. The van der Waals surface area contributed by atoms with Gasteiger partial charge in [0.2, 0.25) is 0 Å². The van der Waals surface area contributed by atoms with Crippen LogP contribution in [0.1, 0.15) is 6.42 Å². The van der Waals surface area contributed by atoms with E-state index in [9.17, 15) is 0 Å². The van der Waals surface area contributed by atoms with Crippen LogP contribution in [-0.4, -0.2) is 28.1 Å². The lowest BCUT2D eigenvalue weighted by atomic mass is 10.3. The van der Waals surface area contributed by atoms with Crippen LogP contribution in [0.2, 0.25) is 19.6 Å². The van der Waals surface area contributed by atoms with Crippen molar-refractivity contribution >= 4 is 8.07 Å². The van der Waals surface area contributed by atoms with E-state index in [1.807, 2.05) is 6.08 Å². The van der Waals surface area contributed by atoms with Gasteiger partial charge in [-0.1, -0.05) is 31.6 Å². The minimum Gasteiger partial charge on any atom is -0.359 e. The third-order valence-electron chi connectivity index (χ3n) is 1.38. The van der Waals surface area contributed by atoms with Crippen molar-refractivity contribution in [3.63, 3.8) is 0 Å². The van der Waals surface area contributed by atoms with Crippen LogP contribution in [0.4, 0.5) is 0 Å². The predicted molar refractivity (Wildman–Crippen MR) is 62.7 cm³/mol. The zero-order valence-electron chi connectivity index (χ0n) is 9.59. The molecule has 0 aliphatic heterocycles. The number of ether oxygens (including phenoxy) is 2. The molecular weight excluding hydrogens is 192 g/mol. The zero-order chi connectivity index (χ0) is 11.0. The molecule has 1 atom stereocenters. The first kappa shape index (κ1) is 13.4. The van der Waals surface area contributed by atoms with Gasteiger partial charge in [0, 0.05) is 13.5 Å². The third kappa shape index (κ3) is 8.05. The molecule has 0 aromatic heterocycles. The minimum absolute atomic E-state index is 0.0702. The van der Waals surface area contributed by atoms with Gasteiger partial charge < -0.3 is 9.47 Å². The molecule has 80 valence electrons. The molecule has 0 bridgehead atoms. The predicted octanol–water partition coefficient (Wildman–Crippen LogP) is 2.43. The Morgan fingerprint density at radius 2 is 2.07 bits per heavy atom. The summed E-state index contributed by atoms with van der Waals surface area (Å²) in [5, 5.41) is 0. The van der Waals surface area contributed by atoms with Gasteiger partial charge in [-0.25, -0.2) is 0 Å². The van der Waals surface area contributed by atoms with Crippen molar-refractivity contribution in [2.45, 2.75) is 32.2 Å². The van der Waals surface area contributed by atoms with E-state index in [0.29, 0.717) is 6.79 Å². The van der Waals surface area contributed by atoms with Gasteiger partial charge in [-0.05, 0) is 0 Å².